The minimum absolute atomic E-state index is 0.0777. The molecule has 162 valence electrons. The monoisotopic (exact) mass is 413 g/mol. The third-order valence-corrected chi connectivity index (χ3v) is 5.18. The molecule has 2 heterocycles. The van der Waals surface area contributed by atoms with Gasteiger partial charge in [0.1, 0.15) is 5.69 Å². The molecule has 2 N–H and O–H groups in total. The van der Waals surface area contributed by atoms with Gasteiger partial charge in [-0.1, -0.05) is 0 Å². The van der Waals surface area contributed by atoms with E-state index in [1.807, 2.05) is 0 Å². The molecule has 1 aliphatic heterocycles. The number of morpholine rings is 1. The van der Waals surface area contributed by atoms with Gasteiger partial charge in [0.05, 0.1) is 33.5 Å². The van der Waals surface area contributed by atoms with E-state index in [1.165, 1.54) is 25.0 Å². The number of hydrogen-bond donors (Lipinski definition) is 2. The zero-order valence-electron chi connectivity index (χ0n) is 16.5. The topological polar surface area (TPSA) is 140 Å². The second kappa shape index (κ2) is 10.9. The molecule has 0 aromatic carbocycles. The number of hydrogen-bond acceptors (Lipinski definition) is 9. The van der Waals surface area contributed by atoms with Gasteiger partial charge >= 0.3 is 11.9 Å². The van der Waals surface area contributed by atoms with Crippen molar-refractivity contribution in [1.82, 2.24) is 14.7 Å². The van der Waals surface area contributed by atoms with Crippen LogP contribution in [0.25, 0.3) is 0 Å². The molecule has 2 fully saturated rings. The predicted molar refractivity (Wildman–Crippen MR) is 98.5 cm³/mol. The lowest BCUT2D eigenvalue weighted by atomic mass is 10.1. The lowest BCUT2D eigenvalue weighted by molar-refractivity contribution is -0.122. The van der Waals surface area contributed by atoms with Gasteiger partial charge < -0.3 is 24.4 Å². The molecule has 0 spiro atoms. The number of ether oxygens (including phenoxy) is 3. The maximum Gasteiger partial charge on any atom is 0.358 e. The number of methoxy groups -OCH3 is 2. The molecule has 3 atom stereocenters. The fourth-order valence-corrected chi connectivity index (χ4v) is 3.84. The molecule has 0 amide bonds. The van der Waals surface area contributed by atoms with Gasteiger partial charge in [-0.05, 0) is 18.8 Å². The molecule has 1 saturated carbocycles. The first-order valence-corrected chi connectivity index (χ1v) is 9.27. The molecule has 3 rings (SSSR count). The summed E-state index contributed by atoms with van der Waals surface area (Å²) in [7, 11) is 2.56. The van der Waals surface area contributed by atoms with Gasteiger partial charge in [-0.2, -0.15) is 5.10 Å². The molecule has 2 aliphatic rings. The smallest absolute Gasteiger partial charge is 0.358 e. The quantitative estimate of drug-likeness (QED) is 0.469. The number of carbonyl (C=O) groups is 3. The van der Waals surface area contributed by atoms with Crippen LogP contribution in [-0.4, -0.2) is 96.0 Å². The van der Waals surface area contributed by atoms with Gasteiger partial charge in [0, 0.05) is 31.8 Å². The van der Waals surface area contributed by atoms with Gasteiger partial charge in [0.15, 0.2) is 5.69 Å². The normalized spacial score (nSPS) is 23.5. The molecule has 29 heavy (non-hydrogen) atoms. The number of carboxylic acid groups (broad SMARTS) is 1. The molecule has 11 heteroatoms. The molecular weight excluding hydrogens is 386 g/mol. The minimum atomic E-state index is -0.595. The fourth-order valence-electron chi connectivity index (χ4n) is 3.84. The molecule has 1 aliphatic carbocycles. The summed E-state index contributed by atoms with van der Waals surface area (Å²) >= 11 is 0. The Hall–Kier alpha value is -2.50. The zero-order chi connectivity index (χ0) is 21.4. The van der Waals surface area contributed by atoms with Crippen molar-refractivity contribution in [2.45, 2.75) is 31.5 Å². The molecular formula is C18H27N3O8. The van der Waals surface area contributed by atoms with E-state index in [0.717, 1.165) is 19.4 Å². The summed E-state index contributed by atoms with van der Waals surface area (Å²) < 4.78 is 16.8. The Labute approximate surface area is 168 Å². The lowest BCUT2D eigenvalue weighted by Crippen LogP contribution is -2.49. The van der Waals surface area contributed by atoms with Crippen molar-refractivity contribution in [2.24, 2.45) is 5.92 Å². The van der Waals surface area contributed by atoms with Crippen molar-refractivity contribution in [2.75, 3.05) is 40.5 Å². The Morgan fingerprint density at radius 2 is 1.97 bits per heavy atom. The van der Waals surface area contributed by atoms with E-state index in [2.05, 4.69) is 14.7 Å². The maximum atomic E-state index is 12.0. The number of aromatic nitrogens is 2. The van der Waals surface area contributed by atoms with E-state index in [1.54, 1.807) is 0 Å². The van der Waals surface area contributed by atoms with E-state index in [9.17, 15) is 14.7 Å². The number of esters is 2. The molecule has 1 saturated heterocycles. The van der Waals surface area contributed by atoms with Crippen molar-refractivity contribution in [1.29, 1.82) is 0 Å². The molecule has 11 nitrogen and oxygen atoms in total. The number of nitrogens with zero attached hydrogens (tertiary/aromatic N) is 3. The summed E-state index contributed by atoms with van der Waals surface area (Å²) in [5.74, 6) is -0.873. The molecule has 0 unspecified atom stereocenters. The van der Waals surface area contributed by atoms with Crippen LogP contribution in [0.5, 0.6) is 0 Å². The van der Waals surface area contributed by atoms with Crippen molar-refractivity contribution in [3.63, 3.8) is 0 Å². The highest BCUT2D eigenvalue weighted by Crippen LogP contribution is 2.33. The van der Waals surface area contributed by atoms with Crippen LogP contribution in [0.3, 0.4) is 0 Å². The average Bonchev–Trinajstić information content (AvgIpc) is 3.36. The van der Waals surface area contributed by atoms with Crippen LogP contribution in [0, 0.1) is 5.92 Å². The van der Waals surface area contributed by atoms with Crippen molar-refractivity contribution in [3.05, 3.63) is 17.5 Å². The highest BCUT2D eigenvalue weighted by atomic mass is 16.5. The Bertz CT molecular complexity index is 707. The summed E-state index contributed by atoms with van der Waals surface area (Å²) in [4.78, 5) is 34.4. The van der Waals surface area contributed by atoms with Crippen LogP contribution in [0.1, 0.15) is 33.8 Å². The zero-order valence-corrected chi connectivity index (χ0v) is 16.5. The van der Waals surface area contributed by atoms with Crippen LogP contribution >= 0.6 is 0 Å². The number of aliphatic hydroxyl groups excluding tert-OH is 1. The van der Waals surface area contributed by atoms with E-state index in [-0.39, 0.29) is 42.5 Å². The Morgan fingerprint density at radius 3 is 2.59 bits per heavy atom. The van der Waals surface area contributed by atoms with Crippen LogP contribution in [-0.2, 0) is 25.5 Å². The standard InChI is InChI=1S/C17H25N3O6.CH2O2/c1-24-16(22)12-9-14(17(23)25-2)20(18-12)4-3-19-5-6-26-15-8-11(10-21)7-13(15)19;2-1-3/h9,11,13,15,21H,3-8,10H2,1-2H3;1H,(H,2,3)/t11-,13+,15+;/m1./s1. The Morgan fingerprint density at radius 1 is 1.28 bits per heavy atom. The highest BCUT2D eigenvalue weighted by molar-refractivity contribution is 5.93. The van der Waals surface area contributed by atoms with E-state index >= 15 is 0 Å². The van der Waals surface area contributed by atoms with Crippen molar-refractivity contribution < 1.29 is 38.8 Å². The maximum absolute atomic E-state index is 12.0. The highest BCUT2D eigenvalue weighted by Gasteiger charge is 2.40. The third-order valence-electron chi connectivity index (χ3n) is 5.18. The van der Waals surface area contributed by atoms with E-state index in [4.69, 9.17) is 19.4 Å². The summed E-state index contributed by atoms with van der Waals surface area (Å²) in [5.41, 5.74) is 0.298. The Balaban J connectivity index is 0.000000941. The SMILES string of the molecule is COC(=O)c1cc(C(=O)OC)n(CCN2CCO[C@H]3C[C@H](CO)C[C@@H]32)n1.O=CO. The number of fused-ring (bicyclic) bond motifs is 1. The van der Waals surface area contributed by atoms with Gasteiger partial charge in [0.25, 0.3) is 6.47 Å². The van der Waals surface area contributed by atoms with Crippen LogP contribution < -0.4 is 0 Å². The minimum Gasteiger partial charge on any atom is -0.483 e. The number of rotatable bonds is 6. The Kier molecular flexibility index (Phi) is 8.55. The first-order chi connectivity index (χ1) is 14.0. The summed E-state index contributed by atoms with van der Waals surface area (Å²) in [6.45, 7) is 2.47. The van der Waals surface area contributed by atoms with Crippen LogP contribution in [0.4, 0.5) is 0 Å². The van der Waals surface area contributed by atoms with E-state index in [0.29, 0.717) is 19.7 Å². The van der Waals surface area contributed by atoms with Crippen LogP contribution in [0.15, 0.2) is 6.07 Å². The van der Waals surface area contributed by atoms with Crippen LogP contribution in [0.2, 0.25) is 0 Å². The van der Waals surface area contributed by atoms with Gasteiger partial charge in [-0.15, -0.1) is 0 Å². The second-order valence-electron chi connectivity index (χ2n) is 6.76. The summed E-state index contributed by atoms with van der Waals surface area (Å²) in [6, 6.07) is 1.65. The summed E-state index contributed by atoms with van der Waals surface area (Å²) in [6.07, 6.45) is 1.92. The molecule has 1 aromatic heterocycles. The third kappa shape index (κ3) is 5.52. The van der Waals surface area contributed by atoms with Gasteiger partial charge in [-0.3, -0.25) is 14.4 Å². The lowest BCUT2D eigenvalue weighted by Gasteiger charge is -2.37. The molecule has 0 radical (unpaired) electrons. The van der Waals surface area contributed by atoms with Crippen molar-refractivity contribution >= 4 is 18.4 Å². The average molecular weight is 413 g/mol. The number of carbonyl (C=O) groups excluding carboxylic acids is 2. The molecule has 1 aromatic rings. The van der Waals surface area contributed by atoms with Crippen molar-refractivity contribution in [3.8, 4) is 0 Å². The first-order valence-electron chi connectivity index (χ1n) is 9.27. The number of aliphatic hydroxyl groups is 1. The first kappa shape index (κ1) is 22.8. The molecule has 0 bridgehead atoms. The fraction of sp³-hybridized carbons (Fsp3) is 0.667. The van der Waals surface area contributed by atoms with Gasteiger partial charge in [-0.25, -0.2) is 9.59 Å². The summed E-state index contributed by atoms with van der Waals surface area (Å²) in [5, 5.41) is 20.5. The predicted octanol–water partition coefficient (Wildman–Crippen LogP) is -0.371. The largest absolute Gasteiger partial charge is 0.483 e. The van der Waals surface area contributed by atoms with Gasteiger partial charge in [0.2, 0.25) is 0 Å². The van der Waals surface area contributed by atoms with E-state index < -0.39 is 11.9 Å². The second-order valence-corrected chi connectivity index (χ2v) is 6.76.